The molecule has 2 unspecified atom stereocenters. The molecule has 2 fully saturated rings. The standard InChI is InChI=1S/C25H30FN5O3/c1-3-17-11-20(12-28-23(17)27)29-24(33)25(34)31-13-15(2)30(22(32)10-16-4-5-16)14-21(31)18-6-8-19(26)9-7-18/h6-9,11-12,15-16,21H,3-5,10,13-14H2,1-2H3,(H2,27,28)(H,29,33). The van der Waals surface area contributed by atoms with Gasteiger partial charge < -0.3 is 20.9 Å². The van der Waals surface area contributed by atoms with E-state index in [1.54, 1.807) is 23.1 Å². The fraction of sp³-hybridized carbons (Fsp3) is 0.440. The Morgan fingerprint density at radius 1 is 1.15 bits per heavy atom. The Hall–Kier alpha value is -3.49. The number of benzene rings is 1. The Balaban J connectivity index is 1.55. The summed E-state index contributed by atoms with van der Waals surface area (Å²) in [6.45, 7) is 4.25. The molecule has 0 radical (unpaired) electrons. The Labute approximate surface area is 198 Å². The number of nitrogen functional groups attached to an aromatic ring is 1. The monoisotopic (exact) mass is 467 g/mol. The van der Waals surface area contributed by atoms with Gasteiger partial charge in [0, 0.05) is 25.6 Å². The molecular formula is C25H30FN5O3. The highest BCUT2D eigenvalue weighted by Gasteiger charge is 2.40. The second-order valence-corrected chi connectivity index (χ2v) is 9.14. The number of anilines is 2. The van der Waals surface area contributed by atoms with E-state index >= 15 is 0 Å². The van der Waals surface area contributed by atoms with Crippen LogP contribution in [0.3, 0.4) is 0 Å². The molecule has 1 saturated heterocycles. The van der Waals surface area contributed by atoms with E-state index in [1.165, 1.54) is 23.2 Å². The summed E-state index contributed by atoms with van der Waals surface area (Å²) in [4.78, 5) is 46.4. The average molecular weight is 468 g/mol. The zero-order chi connectivity index (χ0) is 24.4. The minimum absolute atomic E-state index is 0.0544. The van der Waals surface area contributed by atoms with E-state index in [2.05, 4.69) is 10.3 Å². The molecule has 4 rings (SSSR count). The molecule has 0 spiro atoms. The topological polar surface area (TPSA) is 109 Å². The number of hydrogen-bond acceptors (Lipinski definition) is 5. The predicted octanol–water partition coefficient (Wildman–Crippen LogP) is 2.90. The van der Waals surface area contributed by atoms with Gasteiger partial charge in [-0.15, -0.1) is 0 Å². The molecule has 180 valence electrons. The molecule has 9 heteroatoms. The number of amides is 3. The molecule has 8 nitrogen and oxygen atoms in total. The van der Waals surface area contributed by atoms with Gasteiger partial charge in [-0.25, -0.2) is 9.37 Å². The van der Waals surface area contributed by atoms with Crippen LogP contribution in [0.15, 0.2) is 36.5 Å². The lowest BCUT2D eigenvalue weighted by Gasteiger charge is -2.45. The van der Waals surface area contributed by atoms with Crippen LogP contribution in [0.25, 0.3) is 0 Å². The number of carbonyl (C=O) groups excluding carboxylic acids is 3. The summed E-state index contributed by atoms with van der Waals surface area (Å²) in [5, 5.41) is 2.62. The van der Waals surface area contributed by atoms with Crippen molar-refractivity contribution in [2.24, 2.45) is 5.92 Å². The van der Waals surface area contributed by atoms with Crippen LogP contribution >= 0.6 is 0 Å². The number of carbonyl (C=O) groups is 3. The lowest BCUT2D eigenvalue weighted by Crippen LogP contribution is -2.58. The van der Waals surface area contributed by atoms with Crippen molar-refractivity contribution in [3.8, 4) is 0 Å². The Morgan fingerprint density at radius 2 is 1.85 bits per heavy atom. The molecule has 1 aromatic heterocycles. The van der Waals surface area contributed by atoms with Crippen molar-refractivity contribution in [1.82, 2.24) is 14.8 Å². The molecule has 1 saturated carbocycles. The SMILES string of the molecule is CCc1cc(NC(=O)C(=O)N2CC(C)N(C(=O)CC3CC3)CC2c2ccc(F)cc2)cnc1N. The van der Waals surface area contributed by atoms with E-state index in [-0.39, 0.29) is 25.0 Å². The number of rotatable bonds is 5. The summed E-state index contributed by atoms with van der Waals surface area (Å²) in [6, 6.07) is 6.71. The molecule has 0 bridgehead atoms. The van der Waals surface area contributed by atoms with Gasteiger partial charge in [0.25, 0.3) is 0 Å². The quantitative estimate of drug-likeness (QED) is 0.658. The Morgan fingerprint density at radius 3 is 2.50 bits per heavy atom. The van der Waals surface area contributed by atoms with Gasteiger partial charge in [0.15, 0.2) is 0 Å². The summed E-state index contributed by atoms with van der Waals surface area (Å²) < 4.78 is 13.6. The largest absolute Gasteiger partial charge is 0.383 e. The third-order valence-electron chi connectivity index (χ3n) is 6.57. The Kier molecular flexibility index (Phi) is 6.81. The van der Waals surface area contributed by atoms with Crippen LogP contribution < -0.4 is 11.1 Å². The number of aromatic nitrogens is 1. The van der Waals surface area contributed by atoms with Crippen molar-refractivity contribution in [3.63, 3.8) is 0 Å². The zero-order valence-electron chi connectivity index (χ0n) is 19.5. The zero-order valence-corrected chi connectivity index (χ0v) is 19.5. The maximum atomic E-state index is 13.6. The minimum Gasteiger partial charge on any atom is -0.383 e. The number of halogens is 1. The van der Waals surface area contributed by atoms with Gasteiger partial charge in [-0.05, 0) is 61.4 Å². The van der Waals surface area contributed by atoms with Gasteiger partial charge in [-0.2, -0.15) is 0 Å². The van der Waals surface area contributed by atoms with Crippen molar-refractivity contribution < 1.29 is 18.8 Å². The summed E-state index contributed by atoms with van der Waals surface area (Å²) in [5.74, 6) is -1.04. The van der Waals surface area contributed by atoms with E-state index in [0.29, 0.717) is 35.8 Å². The fourth-order valence-electron chi connectivity index (χ4n) is 4.39. The molecule has 2 atom stereocenters. The number of nitrogens with zero attached hydrogens (tertiary/aromatic N) is 3. The highest BCUT2D eigenvalue weighted by molar-refractivity contribution is 6.39. The maximum absolute atomic E-state index is 13.6. The van der Waals surface area contributed by atoms with Crippen LogP contribution in [0.4, 0.5) is 15.9 Å². The second kappa shape index (κ2) is 9.79. The lowest BCUT2D eigenvalue weighted by molar-refractivity contribution is -0.151. The van der Waals surface area contributed by atoms with Gasteiger partial charge in [0.2, 0.25) is 5.91 Å². The first kappa shape index (κ1) is 23.7. The van der Waals surface area contributed by atoms with Gasteiger partial charge in [-0.1, -0.05) is 19.1 Å². The second-order valence-electron chi connectivity index (χ2n) is 9.14. The van der Waals surface area contributed by atoms with Crippen LogP contribution in [0.1, 0.15) is 50.3 Å². The predicted molar refractivity (Wildman–Crippen MR) is 126 cm³/mol. The number of nitrogens with two attached hydrogens (primary N) is 1. The molecule has 1 aromatic carbocycles. The Bertz CT molecular complexity index is 1090. The summed E-state index contributed by atoms with van der Waals surface area (Å²) >= 11 is 0. The molecule has 2 aromatic rings. The number of hydrogen-bond donors (Lipinski definition) is 2. The summed E-state index contributed by atoms with van der Waals surface area (Å²) in [7, 11) is 0. The average Bonchev–Trinajstić information content (AvgIpc) is 3.64. The van der Waals surface area contributed by atoms with Gasteiger partial charge in [-0.3, -0.25) is 14.4 Å². The van der Waals surface area contributed by atoms with Crippen LogP contribution in [0.5, 0.6) is 0 Å². The van der Waals surface area contributed by atoms with Crippen LogP contribution in [0.2, 0.25) is 0 Å². The number of nitrogens with one attached hydrogen (secondary N) is 1. The number of piperazine rings is 1. The number of pyridine rings is 1. The van der Waals surface area contributed by atoms with Crippen molar-refractivity contribution >= 4 is 29.2 Å². The smallest absolute Gasteiger partial charge is 0.313 e. The molecule has 34 heavy (non-hydrogen) atoms. The van der Waals surface area contributed by atoms with Crippen LogP contribution in [-0.4, -0.2) is 51.6 Å². The van der Waals surface area contributed by atoms with Crippen molar-refractivity contribution in [2.45, 2.75) is 51.6 Å². The molecule has 2 aliphatic rings. The fourth-order valence-corrected chi connectivity index (χ4v) is 4.39. The number of aryl methyl sites for hydroxylation is 1. The highest BCUT2D eigenvalue weighted by atomic mass is 19.1. The normalized spacial score (nSPS) is 20.2. The van der Waals surface area contributed by atoms with Crippen LogP contribution in [-0.2, 0) is 20.8 Å². The van der Waals surface area contributed by atoms with Crippen LogP contribution in [0, 0.1) is 11.7 Å². The third-order valence-corrected chi connectivity index (χ3v) is 6.57. The summed E-state index contributed by atoms with van der Waals surface area (Å²) in [6.07, 6.45) is 4.68. The minimum atomic E-state index is -0.800. The van der Waals surface area contributed by atoms with E-state index in [4.69, 9.17) is 5.73 Å². The van der Waals surface area contributed by atoms with Crippen molar-refractivity contribution in [2.75, 3.05) is 24.1 Å². The van der Waals surface area contributed by atoms with Crippen molar-refractivity contribution in [1.29, 1.82) is 0 Å². The first-order valence-corrected chi connectivity index (χ1v) is 11.7. The van der Waals surface area contributed by atoms with Gasteiger partial charge in [0.1, 0.15) is 11.6 Å². The lowest BCUT2D eigenvalue weighted by atomic mass is 9.98. The first-order chi connectivity index (χ1) is 16.3. The summed E-state index contributed by atoms with van der Waals surface area (Å²) in [5.41, 5.74) is 7.65. The van der Waals surface area contributed by atoms with E-state index < -0.39 is 23.7 Å². The van der Waals surface area contributed by atoms with Crippen molar-refractivity contribution in [3.05, 3.63) is 53.5 Å². The molecule has 3 amide bonds. The van der Waals surface area contributed by atoms with E-state index in [0.717, 1.165) is 18.4 Å². The molecule has 2 heterocycles. The van der Waals surface area contributed by atoms with E-state index in [1.807, 2.05) is 13.8 Å². The maximum Gasteiger partial charge on any atom is 0.313 e. The molecular weight excluding hydrogens is 437 g/mol. The molecule has 1 aliphatic carbocycles. The third kappa shape index (κ3) is 5.18. The first-order valence-electron chi connectivity index (χ1n) is 11.7. The molecule has 1 aliphatic heterocycles. The van der Waals surface area contributed by atoms with Gasteiger partial charge >= 0.3 is 11.8 Å². The van der Waals surface area contributed by atoms with Gasteiger partial charge in [0.05, 0.1) is 17.9 Å². The van der Waals surface area contributed by atoms with E-state index in [9.17, 15) is 18.8 Å². The molecule has 3 N–H and O–H groups in total. The highest BCUT2D eigenvalue weighted by Crippen LogP contribution is 2.35.